The molecule has 110 valence electrons. The van der Waals surface area contributed by atoms with Gasteiger partial charge >= 0.3 is 5.97 Å². The maximum absolute atomic E-state index is 10.6. The Labute approximate surface area is 126 Å². The topological polar surface area (TPSA) is 67.8 Å². The van der Waals surface area contributed by atoms with E-state index < -0.39 is 5.97 Å². The van der Waals surface area contributed by atoms with Crippen molar-refractivity contribution in [1.82, 2.24) is 5.32 Å². The van der Waals surface area contributed by atoms with E-state index in [1.807, 2.05) is 30.3 Å². The number of carboxylic acids is 1. The number of ether oxygens (including phenoxy) is 2. The normalized spacial score (nSPS) is 12.6. The number of hydrogen-bond donors (Lipinski definition) is 2. The quantitative estimate of drug-likeness (QED) is 0.858. The highest BCUT2D eigenvalue weighted by atomic mass is 32.1. The predicted octanol–water partition coefficient (Wildman–Crippen LogP) is 2.39. The van der Waals surface area contributed by atoms with E-state index in [2.05, 4.69) is 5.32 Å². The van der Waals surface area contributed by atoms with Gasteiger partial charge in [-0.25, -0.2) is 0 Å². The monoisotopic (exact) mass is 305 g/mol. The molecule has 0 bridgehead atoms. The number of rotatable bonds is 6. The second-order valence-corrected chi connectivity index (χ2v) is 5.98. The Bertz CT molecular complexity index is 653. The van der Waals surface area contributed by atoms with Gasteiger partial charge in [0.1, 0.15) is 0 Å². The molecule has 21 heavy (non-hydrogen) atoms. The molecule has 5 nitrogen and oxygen atoms in total. The fourth-order valence-electron chi connectivity index (χ4n) is 2.14. The third-order valence-corrected chi connectivity index (χ3v) is 4.19. The number of carboxylic acid groups (broad SMARTS) is 1. The van der Waals surface area contributed by atoms with Crippen molar-refractivity contribution in [2.45, 2.75) is 19.5 Å². The number of carbonyl (C=O) groups is 1. The molecule has 1 aliphatic heterocycles. The molecule has 2 N–H and O–H groups in total. The van der Waals surface area contributed by atoms with Crippen LogP contribution in [0.25, 0.3) is 0 Å². The highest BCUT2D eigenvalue weighted by Gasteiger charge is 2.12. The summed E-state index contributed by atoms with van der Waals surface area (Å²) in [7, 11) is 0. The highest BCUT2D eigenvalue weighted by molar-refractivity contribution is 7.12. The van der Waals surface area contributed by atoms with Crippen LogP contribution >= 0.6 is 11.3 Å². The van der Waals surface area contributed by atoms with Crippen LogP contribution in [0.2, 0.25) is 0 Å². The third kappa shape index (κ3) is 3.53. The van der Waals surface area contributed by atoms with Gasteiger partial charge in [0.25, 0.3) is 0 Å². The van der Waals surface area contributed by atoms with Crippen LogP contribution < -0.4 is 14.8 Å². The number of aliphatic carboxylic acids is 1. The summed E-state index contributed by atoms with van der Waals surface area (Å²) < 4.78 is 10.6. The van der Waals surface area contributed by atoms with Crippen LogP contribution in [-0.2, 0) is 24.3 Å². The molecule has 0 fully saturated rings. The van der Waals surface area contributed by atoms with Gasteiger partial charge in [-0.3, -0.25) is 4.79 Å². The zero-order chi connectivity index (χ0) is 14.7. The Kier molecular flexibility index (Phi) is 4.08. The lowest BCUT2D eigenvalue weighted by Gasteiger charge is -2.04. The van der Waals surface area contributed by atoms with Crippen LogP contribution in [0.1, 0.15) is 15.3 Å². The molecule has 1 aromatic heterocycles. The fraction of sp³-hybridized carbons (Fsp3) is 0.267. The lowest BCUT2D eigenvalue weighted by molar-refractivity contribution is -0.136. The van der Waals surface area contributed by atoms with E-state index in [4.69, 9.17) is 14.6 Å². The molecule has 0 saturated carbocycles. The Balaban J connectivity index is 1.51. The van der Waals surface area contributed by atoms with Crippen LogP contribution in [0.3, 0.4) is 0 Å². The summed E-state index contributed by atoms with van der Waals surface area (Å²) in [6.45, 7) is 1.73. The van der Waals surface area contributed by atoms with Crippen molar-refractivity contribution in [3.8, 4) is 11.5 Å². The Morgan fingerprint density at radius 2 is 1.95 bits per heavy atom. The molecule has 1 aliphatic rings. The van der Waals surface area contributed by atoms with E-state index in [0.717, 1.165) is 39.9 Å². The molecule has 0 unspecified atom stereocenters. The molecule has 0 amide bonds. The van der Waals surface area contributed by atoms with E-state index in [9.17, 15) is 4.79 Å². The molecular formula is C15H15NO4S. The van der Waals surface area contributed by atoms with E-state index in [1.54, 1.807) is 0 Å². The maximum Gasteiger partial charge on any atom is 0.308 e. The Morgan fingerprint density at radius 1 is 1.14 bits per heavy atom. The van der Waals surface area contributed by atoms with Crippen molar-refractivity contribution in [1.29, 1.82) is 0 Å². The standard InChI is InChI=1S/C15H15NO4S/c17-15(18)6-11-2-3-12(21-11)8-16-7-10-1-4-13-14(5-10)20-9-19-13/h1-5,16H,6-9H2,(H,17,18). The smallest absolute Gasteiger partial charge is 0.308 e. The fourth-order valence-corrected chi connectivity index (χ4v) is 3.12. The lowest BCUT2D eigenvalue weighted by atomic mass is 10.2. The second-order valence-electron chi connectivity index (χ2n) is 4.73. The molecule has 2 heterocycles. The molecule has 0 atom stereocenters. The van der Waals surface area contributed by atoms with Gasteiger partial charge in [0.05, 0.1) is 6.42 Å². The SMILES string of the molecule is O=C(O)Cc1ccc(CNCc2ccc3c(c2)OCO3)s1. The summed E-state index contributed by atoms with van der Waals surface area (Å²) >= 11 is 1.53. The molecule has 2 aromatic rings. The lowest BCUT2D eigenvalue weighted by Crippen LogP contribution is -2.11. The van der Waals surface area contributed by atoms with Crippen molar-refractivity contribution in [2.75, 3.05) is 6.79 Å². The first-order chi connectivity index (χ1) is 10.2. The first-order valence-corrected chi connectivity index (χ1v) is 7.41. The predicted molar refractivity (Wildman–Crippen MR) is 78.8 cm³/mol. The van der Waals surface area contributed by atoms with Gasteiger partial charge in [0.15, 0.2) is 11.5 Å². The average molecular weight is 305 g/mol. The number of benzene rings is 1. The highest BCUT2D eigenvalue weighted by Crippen LogP contribution is 2.32. The largest absolute Gasteiger partial charge is 0.481 e. The van der Waals surface area contributed by atoms with Crippen molar-refractivity contribution in [2.24, 2.45) is 0 Å². The van der Waals surface area contributed by atoms with E-state index in [0.29, 0.717) is 0 Å². The molecular weight excluding hydrogens is 290 g/mol. The molecule has 6 heteroatoms. The summed E-state index contributed by atoms with van der Waals surface area (Å²) in [4.78, 5) is 12.6. The minimum absolute atomic E-state index is 0.0901. The number of fused-ring (bicyclic) bond motifs is 1. The second kappa shape index (κ2) is 6.15. The summed E-state index contributed by atoms with van der Waals surface area (Å²) in [5.74, 6) is 0.779. The molecule has 1 aromatic carbocycles. The van der Waals surface area contributed by atoms with Crippen LogP contribution in [0, 0.1) is 0 Å². The number of thiophene rings is 1. The van der Waals surface area contributed by atoms with Crippen LogP contribution in [0.5, 0.6) is 11.5 Å². The van der Waals surface area contributed by atoms with Crippen molar-refractivity contribution in [3.05, 3.63) is 45.6 Å². The zero-order valence-electron chi connectivity index (χ0n) is 11.3. The van der Waals surface area contributed by atoms with Crippen LogP contribution in [0.4, 0.5) is 0 Å². The third-order valence-electron chi connectivity index (χ3n) is 3.11. The Morgan fingerprint density at radius 3 is 2.81 bits per heavy atom. The molecule has 0 saturated heterocycles. The minimum atomic E-state index is -0.795. The molecule has 0 spiro atoms. The van der Waals surface area contributed by atoms with E-state index in [1.165, 1.54) is 11.3 Å². The first kappa shape index (κ1) is 13.9. The zero-order valence-corrected chi connectivity index (χ0v) is 12.1. The maximum atomic E-state index is 10.6. The summed E-state index contributed by atoms with van der Waals surface area (Å²) in [5, 5.41) is 12.1. The van der Waals surface area contributed by atoms with Gasteiger partial charge in [0.2, 0.25) is 6.79 Å². The summed E-state index contributed by atoms with van der Waals surface area (Å²) in [5.41, 5.74) is 1.13. The van der Waals surface area contributed by atoms with Crippen molar-refractivity contribution in [3.63, 3.8) is 0 Å². The molecule has 0 radical (unpaired) electrons. The van der Waals surface area contributed by atoms with E-state index in [-0.39, 0.29) is 13.2 Å². The van der Waals surface area contributed by atoms with Crippen LogP contribution in [0.15, 0.2) is 30.3 Å². The number of nitrogens with one attached hydrogen (secondary N) is 1. The number of hydrogen-bond acceptors (Lipinski definition) is 5. The first-order valence-electron chi connectivity index (χ1n) is 6.59. The van der Waals surface area contributed by atoms with Crippen LogP contribution in [-0.4, -0.2) is 17.9 Å². The summed E-state index contributed by atoms with van der Waals surface area (Å²) in [6, 6.07) is 9.73. The summed E-state index contributed by atoms with van der Waals surface area (Å²) in [6.07, 6.45) is 0.0901. The Hall–Kier alpha value is -2.05. The molecule has 0 aliphatic carbocycles. The minimum Gasteiger partial charge on any atom is -0.481 e. The van der Waals surface area contributed by atoms with Crippen molar-refractivity contribution >= 4 is 17.3 Å². The average Bonchev–Trinajstić information content (AvgIpc) is 3.06. The van der Waals surface area contributed by atoms with E-state index >= 15 is 0 Å². The van der Waals surface area contributed by atoms with Gasteiger partial charge in [-0.2, -0.15) is 0 Å². The molecule has 3 rings (SSSR count). The van der Waals surface area contributed by atoms with Gasteiger partial charge in [-0.1, -0.05) is 6.07 Å². The van der Waals surface area contributed by atoms with Crippen molar-refractivity contribution < 1.29 is 19.4 Å². The van der Waals surface area contributed by atoms with Gasteiger partial charge in [-0.15, -0.1) is 11.3 Å². The van der Waals surface area contributed by atoms with Gasteiger partial charge in [-0.05, 0) is 29.8 Å². The van der Waals surface area contributed by atoms with Gasteiger partial charge < -0.3 is 19.9 Å². The van der Waals surface area contributed by atoms with Gasteiger partial charge in [0, 0.05) is 22.8 Å².